The number of methoxy groups -OCH3 is 1. The van der Waals surface area contributed by atoms with E-state index in [9.17, 15) is 9.59 Å². The number of Topliss-reactive ketones (excluding diaryl/α,β-unsaturated/α-hetero) is 1. The minimum atomic E-state index is -0.129. The fourth-order valence-electron chi connectivity index (χ4n) is 3.43. The van der Waals surface area contributed by atoms with Gasteiger partial charge in [0.25, 0.3) is 5.56 Å². The first-order chi connectivity index (χ1) is 14.5. The van der Waals surface area contributed by atoms with Crippen LogP contribution < -0.4 is 10.3 Å². The minimum Gasteiger partial charge on any atom is -0.497 e. The third kappa shape index (κ3) is 3.78. The number of nitrogens with zero attached hydrogens (tertiary/aromatic N) is 2. The normalized spacial score (nSPS) is 11.0. The van der Waals surface area contributed by atoms with Crippen molar-refractivity contribution in [1.29, 1.82) is 0 Å². The molecule has 0 aliphatic heterocycles. The standard InChI is InChI=1S/C24H22N2O3S/c1-15-7-9-17(10-8-15)22-25-23-21(24(28)26(22)12-11-16(2)27)20(14-30-23)18-5-4-6-19(13-18)29-3/h4-10,13-14H,11-12H2,1-3H3. The zero-order valence-corrected chi connectivity index (χ0v) is 18.0. The lowest BCUT2D eigenvalue weighted by Crippen LogP contribution is -2.24. The molecular weight excluding hydrogens is 396 g/mol. The third-order valence-corrected chi connectivity index (χ3v) is 5.94. The molecule has 0 spiro atoms. The first-order valence-electron chi connectivity index (χ1n) is 9.71. The van der Waals surface area contributed by atoms with E-state index in [4.69, 9.17) is 9.72 Å². The molecule has 2 heterocycles. The zero-order chi connectivity index (χ0) is 21.3. The molecule has 0 saturated carbocycles. The number of aryl methyl sites for hydroxylation is 1. The molecule has 152 valence electrons. The van der Waals surface area contributed by atoms with E-state index in [1.54, 1.807) is 11.7 Å². The number of carbonyl (C=O) groups is 1. The van der Waals surface area contributed by atoms with Gasteiger partial charge in [0.1, 0.15) is 22.2 Å². The number of ether oxygens (including phenoxy) is 1. The van der Waals surface area contributed by atoms with Crippen molar-refractivity contribution in [2.45, 2.75) is 26.8 Å². The smallest absolute Gasteiger partial charge is 0.263 e. The number of hydrogen-bond acceptors (Lipinski definition) is 5. The maximum Gasteiger partial charge on any atom is 0.263 e. The Hall–Kier alpha value is -3.25. The van der Waals surface area contributed by atoms with Crippen molar-refractivity contribution in [2.24, 2.45) is 0 Å². The molecule has 0 saturated heterocycles. The van der Waals surface area contributed by atoms with Crippen LogP contribution in [0.1, 0.15) is 18.9 Å². The van der Waals surface area contributed by atoms with Gasteiger partial charge in [-0.05, 0) is 31.5 Å². The van der Waals surface area contributed by atoms with Gasteiger partial charge in [-0.1, -0.05) is 42.0 Å². The molecule has 0 N–H and O–H groups in total. The predicted molar refractivity (Wildman–Crippen MR) is 121 cm³/mol. The highest BCUT2D eigenvalue weighted by Gasteiger charge is 2.18. The average Bonchev–Trinajstić information content (AvgIpc) is 3.18. The van der Waals surface area contributed by atoms with Crippen LogP contribution in [0.2, 0.25) is 0 Å². The lowest BCUT2D eigenvalue weighted by molar-refractivity contribution is -0.117. The summed E-state index contributed by atoms with van der Waals surface area (Å²) in [7, 11) is 1.62. The van der Waals surface area contributed by atoms with Gasteiger partial charge in [-0.15, -0.1) is 11.3 Å². The van der Waals surface area contributed by atoms with Crippen LogP contribution in [0.4, 0.5) is 0 Å². The molecule has 6 heteroatoms. The Morgan fingerprint density at radius 3 is 2.60 bits per heavy atom. The number of thiophene rings is 1. The van der Waals surface area contributed by atoms with E-state index >= 15 is 0 Å². The Labute approximate surface area is 178 Å². The Morgan fingerprint density at radius 2 is 1.90 bits per heavy atom. The number of fused-ring (bicyclic) bond motifs is 1. The molecule has 2 aromatic heterocycles. The monoisotopic (exact) mass is 418 g/mol. The molecule has 4 aromatic rings. The lowest BCUT2D eigenvalue weighted by Gasteiger charge is -2.13. The van der Waals surface area contributed by atoms with Crippen molar-refractivity contribution in [1.82, 2.24) is 9.55 Å². The molecule has 30 heavy (non-hydrogen) atoms. The molecule has 0 fully saturated rings. The maximum atomic E-state index is 13.6. The highest BCUT2D eigenvalue weighted by atomic mass is 32.1. The molecule has 0 atom stereocenters. The van der Waals surface area contributed by atoms with E-state index in [0.717, 1.165) is 28.0 Å². The van der Waals surface area contributed by atoms with E-state index in [0.29, 0.717) is 22.6 Å². The van der Waals surface area contributed by atoms with Crippen molar-refractivity contribution in [2.75, 3.05) is 7.11 Å². The number of carbonyl (C=O) groups excluding carboxylic acids is 1. The average molecular weight is 419 g/mol. The van der Waals surface area contributed by atoms with Gasteiger partial charge in [0.05, 0.1) is 12.5 Å². The van der Waals surface area contributed by atoms with Crippen LogP contribution in [-0.2, 0) is 11.3 Å². The molecule has 0 radical (unpaired) electrons. The van der Waals surface area contributed by atoms with Gasteiger partial charge in [0, 0.05) is 29.5 Å². The van der Waals surface area contributed by atoms with Gasteiger partial charge in [-0.2, -0.15) is 0 Å². The third-order valence-electron chi connectivity index (χ3n) is 5.07. The first kappa shape index (κ1) is 20.0. The quantitative estimate of drug-likeness (QED) is 0.438. The highest BCUT2D eigenvalue weighted by Crippen LogP contribution is 2.34. The van der Waals surface area contributed by atoms with E-state index in [1.165, 1.54) is 18.3 Å². The molecule has 0 unspecified atom stereocenters. The fourth-order valence-corrected chi connectivity index (χ4v) is 4.36. The summed E-state index contributed by atoms with van der Waals surface area (Å²) < 4.78 is 6.97. The second-order valence-corrected chi connectivity index (χ2v) is 8.13. The summed E-state index contributed by atoms with van der Waals surface area (Å²) in [6, 6.07) is 15.6. The Morgan fingerprint density at radius 1 is 1.13 bits per heavy atom. The molecule has 2 aromatic carbocycles. The Kier molecular flexibility index (Phi) is 5.50. The van der Waals surface area contributed by atoms with Crippen molar-refractivity contribution >= 4 is 27.3 Å². The van der Waals surface area contributed by atoms with Crippen molar-refractivity contribution in [3.63, 3.8) is 0 Å². The van der Waals surface area contributed by atoms with Crippen LogP contribution >= 0.6 is 11.3 Å². The summed E-state index contributed by atoms with van der Waals surface area (Å²) >= 11 is 1.45. The van der Waals surface area contributed by atoms with Crippen LogP contribution in [0.25, 0.3) is 32.7 Å². The summed E-state index contributed by atoms with van der Waals surface area (Å²) in [4.78, 5) is 30.8. The summed E-state index contributed by atoms with van der Waals surface area (Å²) in [5.74, 6) is 1.36. The fraction of sp³-hybridized carbons (Fsp3) is 0.208. The highest BCUT2D eigenvalue weighted by molar-refractivity contribution is 7.17. The van der Waals surface area contributed by atoms with Crippen molar-refractivity contribution < 1.29 is 9.53 Å². The molecule has 0 amide bonds. The van der Waals surface area contributed by atoms with Crippen LogP contribution in [0, 0.1) is 6.92 Å². The van der Waals surface area contributed by atoms with E-state index in [2.05, 4.69) is 0 Å². The maximum absolute atomic E-state index is 13.6. The molecule has 5 nitrogen and oxygen atoms in total. The second-order valence-electron chi connectivity index (χ2n) is 7.27. The summed E-state index contributed by atoms with van der Waals surface area (Å²) in [6.45, 7) is 3.85. The topological polar surface area (TPSA) is 61.2 Å². The van der Waals surface area contributed by atoms with Crippen molar-refractivity contribution in [3.05, 3.63) is 69.8 Å². The van der Waals surface area contributed by atoms with Gasteiger partial charge in [0.15, 0.2) is 0 Å². The van der Waals surface area contributed by atoms with E-state index < -0.39 is 0 Å². The molecule has 0 bridgehead atoms. The molecule has 4 rings (SSSR count). The molecule has 0 aliphatic carbocycles. The van der Waals surface area contributed by atoms with E-state index in [-0.39, 0.29) is 17.8 Å². The van der Waals surface area contributed by atoms with Gasteiger partial charge >= 0.3 is 0 Å². The Bertz CT molecular complexity index is 1290. The van der Waals surface area contributed by atoms with Crippen LogP contribution in [0.15, 0.2) is 58.7 Å². The van der Waals surface area contributed by atoms with Crippen LogP contribution in [0.5, 0.6) is 5.75 Å². The summed E-state index contributed by atoms with van der Waals surface area (Å²) in [5.41, 5.74) is 3.60. The van der Waals surface area contributed by atoms with Gasteiger partial charge in [-0.3, -0.25) is 14.2 Å². The van der Waals surface area contributed by atoms with Gasteiger partial charge < -0.3 is 4.74 Å². The Balaban J connectivity index is 1.95. The number of aromatic nitrogens is 2. The minimum absolute atomic E-state index is 0.0372. The second kappa shape index (κ2) is 8.24. The van der Waals surface area contributed by atoms with E-state index in [1.807, 2.05) is 60.8 Å². The molecule has 0 aliphatic rings. The van der Waals surface area contributed by atoms with Crippen LogP contribution in [-0.4, -0.2) is 22.4 Å². The van der Waals surface area contributed by atoms with Crippen molar-refractivity contribution in [3.8, 4) is 28.3 Å². The summed E-state index contributed by atoms with van der Waals surface area (Å²) in [5, 5.41) is 2.54. The SMILES string of the molecule is COc1cccc(-c2csc3nc(-c4ccc(C)cc4)n(CCC(C)=O)c(=O)c23)c1. The summed E-state index contributed by atoms with van der Waals surface area (Å²) in [6.07, 6.45) is 0.282. The largest absolute Gasteiger partial charge is 0.497 e. The van der Waals surface area contributed by atoms with Gasteiger partial charge in [0.2, 0.25) is 0 Å². The zero-order valence-electron chi connectivity index (χ0n) is 17.1. The van der Waals surface area contributed by atoms with Gasteiger partial charge in [-0.25, -0.2) is 4.98 Å². The number of benzene rings is 2. The molecular formula is C24H22N2O3S. The lowest BCUT2D eigenvalue weighted by atomic mass is 10.1. The predicted octanol–water partition coefficient (Wildman–Crippen LogP) is 5.09. The number of rotatable bonds is 6. The van der Waals surface area contributed by atoms with Crippen LogP contribution in [0.3, 0.4) is 0 Å². The number of hydrogen-bond donors (Lipinski definition) is 0. The first-order valence-corrected chi connectivity index (χ1v) is 10.6. The number of ketones is 1.